The molecule has 17 heavy (non-hydrogen) atoms. The normalized spacial score (nSPS) is 21.4. The summed E-state index contributed by atoms with van der Waals surface area (Å²) in [5.74, 6) is 1.02. The van der Waals surface area contributed by atoms with Crippen LogP contribution in [0.25, 0.3) is 0 Å². The number of aryl methyl sites for hydroxylation is 1. The smallest absolute Gasteiger partial charge is 0.137 e. The van der Waals surface area contributed by atoms with E-state index in [2.05, 4.69) is 35.0 Å². The van der Waals surface area contributed by atoms with Gasteiger partial charge >= 0.3 is 0 Å². The van der Waals surface area contributed by atoms with Gasteiger partial charge in [-0.25, -0.2) is 0 Å². The van der Waals surface area contributed by atoms with Crippen molar-refractivity contribution in [3.63, 3.8) is 0 Å². The van der Waals surface area contributed by atoms with Crippen molar-refractivity contribution in [2.75, 3.05) is 0 Å². The Kier molecular flexibility index (Phi) is 2.71. The predicted octanol–water partition coefficient (Wildman–Crippen LogP) is 3.33. The van der Waals surface area contributed by atoms with Crippen LogP contribution >= 0.6 is 15.9 Å². The molecule has 2 N–H and O–H groups in total. The lowest BCUT2D eigenvalue weighted by Crippen LogP contribution is -2.25. The third kappa shape index (κ3) is 2.66. The number of hydrogen-bond donors (Lipinski definition) is 1. The first-order valence-electron chi connectivity index (χ1n) is 6.30. The van der Waals surface area contributed by atoms with E-state index in [1.165, 1.54) is 24.0 Å². The summed E-state index contributed by atoms with van der Waals surface area (Å²) in [6.07, 6.45) is 6.03. The van der Waals surface area contributed by atoms with E-state index >= 15 is 0 Å². The van der Waals surface area contributed by atoms with Gasteiger partial charge in [0.15, 0.2) is 0 Å². The number of ether oxygens (including phenoxy) is 1. The van der Waals surface area contributed by atoms with E-state index in [-0.39, 0.29) is 5.54 Å². The van der Waals surface area contributed by atoms with Gasteiger partial charge in [0.2, 0.25) is 0 Å². The zero-order chi connectivity index (χ0) is 12.0. The standard InChI is InChI=1S/C14H18BrNO/c1-9-6-10(8-14(16)4-5-14)13(12(15)7-9)17-11-2-3-11/h6-7,11H,2-5,8,16H2,1H3. The van der Waals surface area contributed by atoms with Crippen molar-refractivity contribution in [3.8, 4) is 5.75 Å². The molecule has 2 nitrogen and oxygen atoms in total. The quantitative estimate of drug-likeness (QED) is 0.925. The molecule has 0 amide bonds. The number of nitrogens with two attached hydrogens (primary N) is 1. The van der Waals surface area contributed by atoms with E-state index in [1.54, 1.807) is 0 Å². The first kappa shape index (κ1) is 11.5. The molecule has 0 bridgehead atoms. The summed E-state index contributed by atoms with van der Waals surface area (Å²) in [5.41, 5.74) is 8.79. The summed E-state index contributed by atoms with van der Waals surface area (Å²) < 4.78 is 7.09. The molecule has 92 valence electrons. The van der Waals surface area contributed by atoms with Gasteiger partial charge in [-0.05, 0) is 72.2 Å². The minimum absolute atomic E-state index is 0.0366. The van der Waals surface area contributed by atoms with Gasteiger partial charge in [0.1, 0.15) is 5.75 Å². The summed E-state index contributed by atoms with van der Waals surface area (Å²) in [6, 6.07) is 4.34. The molecule has 0 spiro atoms. The Balaban J connectivity index is 1.91. The highest BCUT2D eigenvalue weighted by Crippen LogP contribution is 2.42. The Labute approximate surface area is 111 Å². The molecule has 0 aliphatic heterocycles. The molecule has 0 saturated heterocycles. The number of rotatable bonds is 4. The van der Waals surface area contributed by atoms with Crippen LogP contribution in [0.3, 0.4) is 0 Å². The van der Waals surface area contributed by atoms with Crippen LogP contribution in [0.15, 0.2) is 16.6 Å². The molecular weight excluding hydrogens is 278 g/mol. The molecule has 2 fully saturated rings. The van der Waals surface area contributed by atoms with E-state index in [0.717, 1.165) is 29.5 Å². The molecule has 2 saturated carbocycles. The van der Waals surface area contributed by atoms with Gasteiger partial charge in [0.05, 0.1) is 10.6 Å². The third-order valence-corrected chi connectivity index (χ3v) is 4.10. The summed E-state index contributed by atoms with van der Waals surface area (Å²) in [5, 5.41) is 0. The minimum Gasteiger partial charge on any atom is -0.489 e. The molecule has 0 heterocycles. The molecule has 2 aliphatic rings. The average molecular weight is 296 g/mol. The summed E-state index contributed by atoms with van der Waals surface area (Å²) in [4.78, 5) is 0. The van der Waals surface area contributed by atoms with Crippen LogP contribution in [0.4, 0.5) is 0 Å². The van der Waals surface area contributed by atoms with Crippen molar-refractivity contribution in [1.82, 2.24) is 0 Å². The van der Waals surface area contributed by atoms with Crippen LogP contribution in [0.1, 0.15) is 36.8 Å². The Morgan fingerprint density at radius 1 is 1.41 bits per heavy atom. The van der Waals surface area contributed by atoms with Crippen LogP contribution in [-0.2, 0) is 6.42 Å². The van der Waals surface area contributed by atoms with Gasteiger partial charge in [0.25, 0.3) is 0 Å². The van der Waals surface area contributed by atoms with Gasteiger partial charge in [-0.15, -0.1) is 0 Å². The molecule has 0 aromatic heterocycles. The second-order valence-corrected chi connectivity index (χ2v) is 6.45. The largest absolute Gasteiger partial charge is 0.489 e. The van der Waals surface area contributed by atoms with E-state index in [9.17, 15) is 0 Å². The molecule has 0 radical (unpaired) electrons. The molecule has 3 rings (SSSR count). The Morgan fingerprint density at radius 2 is 2.12 bits per heavy atom. The molecule has 0 atom stereocenters. The maximum Gasteiger partial charge on any atom is 0.137 e. The number of hydrogen-bond acceptors (Lipinski definition) is 2. The van der Waals surface area contributed by atoms with Crippen molar-refractivity contribution in [2.24, 2.45) is 5.73 Å². The maximum atomic E-state index is 6.22. The van der Waals surface area contributed by atoms with Crippen LogP contribution < -0.4 is 10.5 Å². The summed E-state index contributed by atoms with van der Waals surface area (Å²) in [6.45, 7) is 2.12. The fourth-order valence-corrected chi connectivity index (χ4v) is 2.84. The summed E-state index contributed by atoms with van der Waals surface area (Å²) >= 11 is 3.62. The lowest BCUT2D eigenvalue weighted by molar-refractivity contribution is 0.297. The number of benzene rings is 1. The highest BCUT2D eigenvalue weighted by molar-refractivity contribution is 9.10. The minimum atomic E-state index is 0.0366. The van der Waals surface area contributed by atoms with Gasteiger partial charge in [-0.2, -0.15) is 0 Å². The fourth-order valence-electron chi connectivity index (χ4n) is 2.13. The topological polar surface area (TPSA) is 35.2 Å². The number of halogens is 1. The fraction of sp³-hybridized carbons (Fsp3) is 0.571. The zero-order valence-electron chi connectivity index (χ0n) is 10.1. The lowest BCUT2D eigenvalue weighted by Gasteiger charge is -2.16. The molecule has 2 aliphatic carbocycles. The molecule has 3 heteroatoms. The first-order chi connectivity index (χ1) is 8.06. The van der Waals surface area contributed by atoms with Crippen molar-refractivity contribution in [2.45, 2.75) is 50.7 Å². The molecule has 1 aromatic rings. The van der Waals surface area contributed by atoms with Crippen molar-refractivity contribution >= 4 is 15.9 Å². The third-order valence-electron chi connectivity index (χ3n) is 3.51. The highest BCUT2D eigenvalue weighted by atomic mass is 79.9. The van der Waals surface area contributed by atoms with Crippen molar-refractivity contribution in [1.29, 1.82) is 0 Å². The van der Waals surface area contributed by atoms with Crippen molar-refractivity contribution in [3.05, 3.63) is 27.7 Å². The van der Waals surface area contributed by atoms with E-state index in [4.69, 9.17) is 10.5 Å². The van der Waals surface area contributed by atoms with E-state index in [1.807, 2.05) is 0 Å². The average Bonchev–Trinajstić information content (AvgIpc) is 3.11. The van der Waals surface area contributed by atoms with Gasteiger partial charge in [-0.3, -0.25) is 0 Å². The van der Waals surface area contributed by atoms with Gasteiger partial charge in [-0.1, -0.05) is 6.07 Å². The highest BCUT2D eigenvalue weighted by Gasteiger charge is 2.39. The van der Waals surface area contributed by atoms with Gasteiger partial charge in [0, 0.05) is 5.54 Å². The summed E-state index contributed by atoms with van der Waals surface area (Å²) in [7, 11) is 0. The second-order valence-electron chi connectivity index (χ2n) is 5.59. The zero-order valence-corrected chi connectivity index (χ0v) is 11.7. The van der Waals surface area contributed by atoms with Crippen LogP contribution in [0, 0.1) is 6.92 Å². The van der Waals surface area contributed by atoms with Crippen LogP contribution in [-0.4, -0.2) is 11.6 Å². The van der Waals surface area contributed by atoms with Crippen LogP contribution in [0.5, 0.6) is 5.75 Å². The SMILES string of the molecule is Cc1cc(Br)c(OC2CC2)c(CC2(N)CC2)c1. The van der Waals surface area contributed by atoms with Crippen LogP contribution in [0.2, 0.25) is 0 Å². The molecule has 1 aromatic carbocycles. The van der Waals surface area contributed by atoms with Gasteiger partial charge < -0.3 is 10.5 Å². The monoisotopic (exact) mass is 295 g/mol. The first-order valence-corrected chi connectivity index (χ1v) is 7.10. The Bertz CT molecular complexity index is 450. The van der Waals surface area contributed by atoms with E-state index < -0.39 is 0 Å². The predicted molar refractivity (Wildman–Crippen MR) is 72.4 cm³/mol. The van der Waals surface area contributed by atoms with E-state index in [0.29, 0.717) is 6.10 Å². The lowest BCUT2D eigenvalue weighted by atomic mass is 10.0. The second kappa shape index (κ2) is 3.99. The Morgan fingerprint density at radius 3 is 2.71 bits per heavy atom. The Hall–Kier alpha value is -0.540. The molecule has 0 unspecified atom stereocenters. The maximum absolute atomic E-state index is 6.22. The molecular formula is C14H18BrNO. The van der Waals surface area contributed by atoms with Crippen molar-refractivity contribution < 1.29 is 4.74 Å².